The lowest BCUT2D eigenvalue weighted by Crippen LogP contribution is -2.22. The largest absolute Gasteiger partial charge is 0.497 e. The molecule has 0 saturated heterocycles. The zero-order valence-electron chi connectivity index (χ0n) is 9.63. The number of hydrogen-bond donors (Lipinski definition) is 2. The molecule has 0 radical (unpaired) electrons. The number of aliphatic carboxylic acids is 1. The van der Waals surface area contributed by atoms with Crippen LogP contribution in [0.3, 0.4) is 0 Å². The fraction of sp³-hybridized carbons (Fsp3) is 0.417. The van der Waals surface area contributed by atoms with Crippen molar-refractivity contribution >= 4 is 5.97 Å². The van der Waals surface area contributed by atoms with E-state index < -0.39 is 11.9 Å². The van der Waals surface area contributed by atoms with Gasteiger partial charge in [0.05, 0.1) is 13.0 Å². The number of methoxy groups -OCH3 is 1. The normalized spacial score (nSPS) is 11.9. The van der Waals surface area contributed by atoms with Gasteiger partial charge in [0, 0.05) is 12.7 Å². The average molecular weight is 240 g/mol. The number of aliphatic hydroxyl groups excluding tert-OH is 1. The van der Waals surface area contributed by atoms with Crippen molar-refractivity contribution in [2.75, 3.05) is 20.3 Å². The maximum absolute atomic E-state index is 10.8. The summed E-state index contributed by atoms with van der Waals surface area (Å²) in [7, 11) is 1.55. The number of benzene rings is 1. The molecule has 0 fully saturated rings. The summed E-state index contributed by atoms with van der Waals surface area (Å²) in [4.78, 5) is 10.8. The van der Waals surface area contributed by atoms with Gasteiger partial charge in [0.2, 0.25) is 0 Å². The molecule has 1 aromatic rings. The Balaban J connectivity index is 2.55. The molecule has 17 heavy (non-hydrogen) atoms. The Bertz CT molecular complexity index is 364. The maximum Gasteiger partial charge on any atom is 0.310 e. The van der Waals surface area contributed by atoms with E-state index in [1.165, 1.54) is 0 Å². The standard InChI is InChI=1S/C12H16O5/c1-16-10-3-2-4-11(7-10)17-8-9(5-6-13)12(14)15/h2-4,7,9,13H,5-6,8H2,1H3,(H,14,15). The number of carboxylic acid groups (broad SMARTS) is 1. The van der Waals surface area contributed by atoms with Crippen LogP contribution in [0.2, 0.25) is 0 Å². The van der Waals surface area contributed by atoms with Gasteiger partial charge in [-0.1, -0.05) is 6.07 Å². The number of hydrogen-bond acceptors (Lipinski definition) is 4. The Labute approximate surface area is 99.6 Å². The van der Waals surface area contributed by atoms with Crippen molar-refractivity contribution < 1.29 is 24.5 Å². The molecule has 5 nitrogen and oxygen atoms in total. The third kappa shape index (κ3) is 4.32. The Morgan fingerprint density at radius 3 is 2.71 bits per heavy atom. The summed E-state index contributed by atoms with van der Waals surface area (Å²) in [6, 6.07) is 6.93. The van der Waals surface area contributed by atoms with E-state index in [0.29, 0.717) is 11.5 Å². The fourth-order valence-corrected chi connectivity index (χ4v) is 1.32. The van der Waals surface area contributed by atoms with Gasteiger partial charge in [0.25, 0.3) is 0 Å². The van der Waals surface area contributed by atoms with Gasteiger partial charge in [0.1, 0.15) is 18.1 Å². The predicted octanol–water partition coefficient (Wildman–Crippen LogP) is 1.16. The first-order valence-electron chi connectivity index (χ1n) is 5.28. The third-order valence-corrected chi connectivity index (χ3v) is 2.32. The average Bonchev–Trinajstić information content (AvgIpc) is 2.34. The topological polar surface area (TPSA) is 76.0 Å². The van der Waals surface area contributed by atoms with E-state index in [9.17, 15) is 4.79 Å². The zero-order valence-corrected chi connectivity index (χ0v) is 9.63. The molecule has 1 rings (SSSR count). The second-order valence-corrected chi connectivity index (χ2v) is 3.54. The predicted molar refractivity (Wildman–Crippen MR) is 61.3 cm³/mol. The van der Waals surface area contributed by atoms with Crippen LogP contribution in [-0.2, 0) is 4.79 Å². The van der Waals surface area contributed by atoms with Crippen molar-refractivity contribution in [1.82, 2.24) is 0 Å². The highest BCUT2D eigenvalue weighted by molar-refractivity contribution is 5.70. The molecular weight excluding hydrogens is 224 g/mol. The van der Waals surface area contributed by atoms with Crippen LogP contribution in [0.25, 0.3) is 0 Å². The van der Waals surface area contributed by atoms with E-state index in [4.69, 9.17) is 19.7 Å². The molecule has 0 spiro atoms. The molecule has 0 heterocycles. The van der Waals surface area contributed by atoms with Gasteiger partial charge in [-0.3, -0.25) is 4.79 Å². The summed E-state index contributed by atoms with van der Waals surface area (Å²) in [5, 5.41) is 17.6. The smallest absolute Gasteiger partial charge is 0.310 e. The lowest BCUT2D eigenvalue weighted by atomic mass is 10.1. The van der Waals surface area contributed by atoms with Gasteiger partial charge < -0.3 is 19.7 Å². The SMILES string of the molecule is COc1cccc(OCC(CCO)C(=O)O)c1. The van der Waals surface area contributed by atoms with E-state index >= 15 is 0 Å². The molecule has 0 bridgehead atoms. The van der Waals surface area contributed by atoms with Gasteiger partial charge in [-0.15, -0.1) is 0 Å². The molecule has 0 aliphatic rings. The van der Waals surface area contributed by atoms with Crippen molar-refractivity contribution in [1.29, 1.82) is 0 Å². The third-order valence-electron chi connectivity index (χ3n) is 2.32. The van der Waals surface area contributed by atoms with Crippen LogP contribution >= 0.6 is 0 Å². The monoisotopic (exact) mass is 240 g/mol. The highest BCUT2D eigenvalue weighted by Gasteiger charge is 2.17. The molecule has 1 atom stereocenters. The minimum absolute atomic E-state index is 0.0308. The first-order chi connectivity index (χ1) is 8.17. The van der Waals surface area contributed by atoms with E-state index in [-0.39, 0.29) is 19.6 Å². The number of carbonyl (C=O) groups is 1. The summed E-state index contributed by atoms with van der Waals surface area (Å²) in [6.45, 7) is -0.137. The highest BCUT2D eigenvalue weighted by atomic mass is 16.5. The van der Waals surface area contributed by atoms with Crippen molar-refractivity contribution in [3.63, 3.8) is 0 Å². The van der Waals surface area contributed by atoms with Crippen molar-refractivity contribution in [2.45, 2.75) is 6.42 Å². The lowest BCUT2D eigenvalue weighted by Gasteiger charge is -2.12. The molecule has 94 valence electrons. The van der Waals surface area contributed by atoms with E-state index in [2.05, 4.69) is 0 Å². The van der Waals surface area contributed by atoms with E-state index in [1.807, 2.05) is 0 Å². The van der Waals surface area contributed by atoms with E-state index in [0.717, 1.165) is 0 Å². The van der Waals surface area contributed by atoms with Crippen molar-refractivity contribution in [3.05, 3.63) is 24.3 Å². The first-order valence-corrected chi connectivity index (χ1v) is 5.28. The number of aliphatic hydroxyl groups is 1. The quantitative estimate of drug-likeness (QED) is 0.747. The molecule has 0 aliphatic carbocycles. The summed E-state index contributed by atoms with van der Waals surface area (Å²) < 4.78 is 10.4. The molecule has 0 aliphatic heterocycles. The first kappa shape index (κ1) is 13.3. The molecular formula is C12H16O5. The molecule has 5 heteroatoms. The van der Waals surface area contributed by atoms with Gasteiger partial charge in [-0.2, -0.15) is 0 Å². The van der Waals surface area contributed by atoms with Crippen LogP contribution in [0.15, 0.2) is 24.3 Å². The molecule has 2 N–H and O–H groups in total. The molecule has 0 aromatic heterocycles. The van der Waals surface area contributed by atoms with Crippen LogP contribution in [0, 0.1) is 5.92 Å². The van der Waals surface area contributed by atoms with Crippen LogP contribution in [-0.4, -0.2) is 36.5 Å². The van der Waals surface area contributed by atoms with Gasteiger partial charge in [-0.25, -0.2) is 0 Å². The fourth-order valence-electron chi connectivity index (χ4n) is 1.32. The van der Waals surface area contributed by atoms with Crippen LogP contribution in [0.1, 0.15) is 6.42 Å². The van der Waals surface area contributed by atoms with E-state index in [1.54, 1.807) is 31.4 Å². The van der Waals surface area contributed by atoms with Crippen molar-refractivity contribution in [2.24, 2.45) is 5.92 Å². The Hall–Kier alpha value is -1.75. The maximum atomic E-state index is 10.8. The van der Waals surface area contributed by atoms with Crippen LogP contribution in [0.5, 0.6) is 11.5 Å². The summed E-state index contributed by atoms with van der Waals surface area (Å²) >= 11 is 0. The highest BCUT2D eigenvalue weighted by Crippen LogP contribution is 2.19. The van der Waals surface area contributed by atoms with Crippen LogP contribution < -0.4 is 9.47 Å². The summed E-state index contributed by atoms with van der Waals surface area (Å²) in [5.41, 5.74) is 0. The van der Waals surface area contributed by atoms with Gasteiger partial charge in [0.15, 0.2) is 0 Å². The molecule has 0 saturated carbocycles. The minimum atomic E-state index is -0.970. The van der Waals surface area contributed by atoms with Crippen molar-refractivity contribution in [3.8, 4) is 11.5 Å². The number of ether oxygens (including phenoxy) is 2. The molecule has 1 aromatic carbocycles. The zero-order chi connectivity index (χ0) is 12.7. The summed E-state index contributed by atoms with van der Waals surface area (Å²) in [6.07, 6.45) is 0.180. The Morgan fingerprint density at radius 1 is 1.41 bits per heavy atom. The summed E-state index contributed by atoms with van der Waals surface area (Å²) in [5.74, 6) is -0.474. The molecule has 1 unspecified atom stereocenters. The second-order valence-electron chi connectivity index (χ2n) is 3.54. The second kappa shape index (κ2) is 6.75. The molecule has 0 amide bonds. The Kier molecular flexibility index (Phi) is 5.29. The van der Waals surface area contributed by atoms with Crippen LogP contribution in [0.4, 0.5) is 0 Å². The van der Waals surface area contributed by atoms with Gasteiger partial charge >= 0.3 is 5.97 Å². The number of carboxylic acids is 1. The lowest BCUT2D eigenvalue weighted by molar-refractivity contribution is -0.143. The van der Waals surface area contributed by atoms with Gasteiger partial charge in [-0.05, 0) is 18.6 Å². The Morgan fingerprint density at radius 2 is 2.12 bits per heavy atom. The minimum Gasteiger partial charge on any atom is -0.497 e. The number of rotatable bonds is 7.